The summed E-state index contributed by atoms with van der Waals surface area (Å²) in [6, 6.07) is 17.3. The summed E-state index contributed by atoms with van der Waals surface area (Å²) < 4.78 is 32.7. The fourth-order valence-corrected chi connectivity index (χ4v) is 3.13. The summed E-state index contributed by atoms with van der Waals surface area (Å²) in [5.41, 5.74) is 1.47. The van der Waals surface area contributed by atoms with Gasteiger partial charge >= 0.3 is 16.1 Å². The van der Waals surface area contributed by atoms with Crippen molar-refractivity contribution in [1.29, 1.82) is 0 Å². The van der Waals surface area contributed by atoms with Gasteiger partial charge in [-0.2, -0.15) is 8.42 Å². The Morgan fingerprint density at radius 1 is 1.00 bits per heavy atom. The molecule has 3 aromatic rings. The molecule has 0 atom stereocenters. The van der Waals surface area contributed by atoms with Gasteiger partial charge in [0.2, 0.25) is 0 Å². The third kappa shape index (κ3) is 5.14. The SMILES string of the molecule is COc1ccc(CNC(=O)Nc2cccc3ccc(OS(C)(=O)=O)cc23)cc1. The minimum Gasteiger partial charge on any atom is -0.497 e. The molecule has 28 heavy (non-hydrogen) atoms. The molecule has 0 aliphatic carbocycles. The summed E-state index contributed by atoms with van der Waals surface area (Å²) in [7, 11) is -2.04. The molecule has 3 rings (SSSR count). The van der Waals surface area contributed by atoms with Crippen LogP contribution in [0.3, 0.4) is 0 Å². The molecule has 0 saturated carbocycles. The number of amides is 2. The Morgan fingerprint density at radius 2 is 1.71 bits per heavy atom. The van der Waals surface area contributed by atoms with Crippen LogP contribution in [0.2, 0.25) is 0 Å². The Bertz CT molecular complexity index is 1100. The van der Waals surface area contributed by atoms with Crippen LogP contribution < -0.4 is 19.6 Å². The maximum Gasteiger partial charge on any atom is 0.319 e. The molecule has 3 aromatic carbocycles. The molecule has 0 heterocycles. The summed E-state index contributed by atoms with van der Waals surface area (Å²) in [6.45, 7) is 0.350. The standard InChI is InChI=1S/C20H20N2O5S/c1-26-16-9-6-14(7-10-16)13-21-20(23)22-19-5-3-4-15-8-11-17(12-18(15)19)27-28(2,24)25/h3-12H,13H2,1-2H3,(H2,21,22,23). The largest absolute Gasteiger partial charge is 0.497 e. The molecule has 0 bridgehead atoms. The first-order chi connectivity index (χ1) is 13.3. The van der Waals surface area contributed by atoms with Crippen LogP contribution in [0.15, 0.2) is 60.7 Å². The van der Waals surface area contributed by atoms with E-state index in [4.69, 9.17) is 8.92 Å². The lowest BCUT2D eigenvalue weighted by atomic mass is 10.1. The number of ether oxygens (including phenoxy) is 1. The van der Waals surface area contributed by atoms with Gasteiger partial charge in [0.15, 0.2) is 0 Å². The van der Waals surface area contributed by atoms with Crippen molar-refractivity contribution >= 4 is 32.6 Å². The predicted octanol–water partition coefficient (Wildman–Crippen LogP) is 3.51. The summed E-state index contributed by atoms with van der Waals surface area (Å²) in [4.78, 5) is 12.3. The van der Waals surface area contributed by atoms with Crippen molar-refractivity contribution in [3.63, 3.8) is 0 Å². The molecule has 2 N–H and O–H groups in total. The van der Waals surface area contributed by atoms with Crippen LogP contribution in [0.25, 0.3) is 10.8 Å². The van der Waals surface area contributed by atoms with E-state index in [-0.39, 0.29) is 11.8 Å². The van der Waals surface area contributed by atoms with E-state index in [9.17, 15) is 13.2 Å². The summed E-state index contributed by atoms with van der Waals surface area (Å²) in [5, 5.41) is 7.08. The zero-order chi connectivity index (χ0) is 20.1. The van der Waals surface area contributed by atoms with Gasteiger partial charge in [0.1, 0.15) is 11.5 Å². The summed E-state index contributed by atoms with van der Waals surface area (Å²) in [6.07, 6.45) is 0.980. The number of anilines is 1. The molecular formula is C20H20N2O5S. The van der Waals surface area contributed by atoms with Crippen LogP contribution >= 0.6 is 0 Å². The van der Waals surface area contributed by atoms with Gasteiger partial charge in [-0.05, 0) is 41.3 Å². The molecule has 0 spiro atoms. The number of nitrogens with one attached hydrogen (secondary N) is 2. The van der Waals surface area contributed by atoms with Gasteiger partial charge in [0, 0.05) is 11.9 Å². The molecule has 0 aliphatic heterocycles. The van der Waals surface area contributed by atoms with Crippen molar-refractivity contribution < 1.29 is 22.1 Å². The number of carbonyl (C=O) groups is 1. The number of rotatable bonds is 6. The van der Waals surface area contributed by atoms with Gasteiger partial charge in [-0.1, -0.05) is 30.3 Å². The molecule has 8 heteroatoms. The van der Waals surface area contributed by atoms with Crippen molar-refractivity contribution in [2.24, 2.45) is 0 Å². The van der Waals surface area contributed by atoms with Gasteiger partial charge in [0.05, 0.1) is 19.1 Å². The first-order valence-corrected chi connectivity index (χ1v) is 10.3. The van der Waals surface area contributed by atoms with Crippen molar-refractivity contribution in [2.75, 3.05) is 18.7 Å². The van der Waals surface area contributed by atoms with E-state index < -0.39 is 10.1 Å². The van der Waals surface area contributed by atoms with Crippen LogP contribution in [-0.2, 0) is 16.7 Å². The van der Waals surface area contributed by atoms with Crippen molar-refractivity contribution in [2.45, 2.75) is 6.54 Å². The van der Waals surface area contributed by atoms with Crippen LogP contribution in [0.1, 0.15) is 5.56 Å². The zero-order valence-corrected chi connectivity index (χ0v) is 16.2. The Morgan fingerprint density at radius 3 is 2.39 bits per heavy atom. The number of fused-ring (bicyclic) bond motifs is 1. The summed E-state index contributed by atoms with van der Waals surface area (Å²) >= 11 is 0. The second-order valence-corrected chi connectivity index (χ2v) is 7.71. The zero-order valence-electron chi connectivity index (χ0n) is 15.4. The lowest BCUT2D eigenvalue weighted by molar-refractivity contribution is 0.252. The Kier molecular flexibility index (Phi) is 5.70. The van der Waals surface area contributed by atoms with Gasteiger partial charge in [-0.25, -0.2) is 4.79 Å². The number of hydrogen-bond acceptors (Lipinski definition) is 5. The van der Waals surface area contributed by atoms with Crippen LogP contribution in [-0.4, -0.2) is 27.8 Å². The molecule has 0 unspecified atom stereocenters. The Labute approximate surface area is 163 Å². The molecule has 7 nitrogen and oxygen atoms in total. The molecule has 0 aliphatic rings. The maximum atomic E-state index is 12.3. The molecule has 0 aromatic heterocycles. The highest BCUT2D eigenvalue weighted by Crippen LogP contribution is 2.28. The minimum atomic E-state index is -3.63. The normalized spacial score (nSPS) is 11.1. The van der Waals surface area contributed by atoms with Crippen LogP contribution in [0.5, 0.6) is 11.5 Å². The maximum absolute atomic E-state index is 12.3. The molecule has 0 radical (unpaired) electrons. The predicted molar refractivity (Wildman–Crippen MR) is 108 cm³/mol. The Balaban J connectivity index is 1.73. The smallest absolute Gasteiger partial charge is 0.319 e. The topological polar surface area (TPSA) is 93.7 Å². The highest BCUT2D eigenvalue weighted by atomic mass is 32.2. The lowest BCUT2D eigenvalue weighted by Gasteiger charge is -2.11. The highest BCUT2D eigenvalue weighted by Gasteiger charge is 2.09. The minimum absolute atomic E-state index is 0.183. The highest BCUT2D eigenvalue weighted by molar-refractivity contribution is 7.86. The third-order valence-electron chi connectivity index (χ3n) is 3.96. The van der Waals surface area contributed by atoms with Crippen molar-refractivity contribution in [3.8, 4) is 11.5 Å². The quantitative estimate of drug-likeness (QED) is 0.618. The van der Waals surface area contributed by atoms with Gasteiger partial charge in [-0.3, -0.25) is 0 Å². The number of urea groups is 1. The number of benzene rings is 3. The second-order valence-electron chi connectivity index (χ2n) is 6.13. The van der Waals surface area contributed by atoms with E-state index in [1.54, 1.807) is 37.4 Å². The summed E-state index contributed by atoms with van der Waals surface area (Å²) in [5.74, 6) is 0.930. The molecule has 146 valence electrons. The average molecular weight is 400 g/mol. The second kappa shape index (κ2) is 8.18. The lowest BCUT2D eigenvalue weighted by Crippen LogP contribution is -2.28. The van der Waals surface area contributed by atoms with Crippen LogP contribution in [0, 0.1) is 0 Å². The molecule has 2 amide bonds. The van der Waals surface area contributed by atoms with E-state index in [0.29, 0.717) is 17.6 Å². The molecule has 0 saturated heterocycles. The first-order valence-electron chi connectivity index (χ1n) is 8.44. The van der Waals surface area contributed by atoms with E-state index >= 15 is 0 Å². The number of hydrogen-bond donors (Lipinski definition) is 2. The molecular weight excluding hydrogens is 380 g/mol. The van der Waals surface area contributed by atoms with E-state index in [2.05, 4.69) is 10.6 Å². The first kappa shape index (κ1) is 19.5. The monoisotopic (exact) mass is 400 g/mol. The van der Waals surface area contributed by atoms with E-state index in [1.807, 2.05) is 30.3 Å². The van der Waals surface area contributed by atoms with Crippen molar-refractivity contribution in [3.05, 3.63) is 66.2 Å². The van der Waals surface area contributed by atoms with E-state index in [1.165, 1.54) is 0 Å². The van der Waals surface area contributed by atoms with Crippen molar-refractivity contribution in [1.82, 2.24) is 5.32 Å². The van der Waals surface area contributed by atoms with E-state index in [0.717, 1.165) is 23.0 Å². The number of carbonyl (C=O) groups excluding carboxylic acids is 1. The third-order valence-corrected chi connectivity index (χ3v) is 4.46. The number of methoxy groups -OCH3 is 1. The fourth-order valence-electron chi connectivity index (χ4n) is 2.68. The Hall–Kier alpha value is -3.26. The molecule has 0 fully saturated rings. The van der Waals surface area contributed by atoms with Gasteiger partial charge in [0.25, 0.3) is 0 Å². The fraction of sp³-hybridized carbons (Fsp3) is 0.150. The van der Waals surface area contributed by atoms with Gasteiger partial charge in [-0.15, -0.1) is 0 Å². The van der Waals surface area contributed by atoms with Crippen LogP contribution in [0.4, 0.5) is 10.5 Å². The average Bonchev–Trinajstić information content (AvgIpc) is 2.66. The van der Waals surface area contributed by atoms with Gasteiger partial charge < -0.3 is 19.6 Å².